The number of carbonyl (C=O) groups is 1. The summed E-state index contributed by atoms with van der Waals surface area (Å²) in [4.78, 5) is 11.2. The number of hydrogen-bond acceptors (Lipinski definition) is 2. The summed E-state index contributed by atoms with van der Waals surface area (Å²) in [5.41, 5.74) is -0.506. The van der Waals surface area contributed by atoms with Crippen molar-refractivity contribution in [1.82, 2.24) is 0 Å². The Balaban J connectivity index is 3.74. The molecule has 0 saturated carbocycles. The molecule has 0 aromatic carbocycles. The van der Waals surface area contributed by atoms with E-state index < -0.39 is 9.21 Å². The topological polar surface area (TPSA) is 26.3 Å². The molecule has 0 amide bonds. The molecule has 0 unspecified atom stereocenters. The van der Waals surface area contributed by atoms with Crippen molar-refractivity contribution in [2.75, 3.05) is 6.61 Å². The summed E-state index contributed by atoms with van der Waals surface area (Å²) in [5.74, 6) is -0.290. The van der Waals surface area contributed by atoms with Gasteiger partial charge in [-0.25, -0.2) is 0 Å². The van der Waals surface area contributed by atoms with E-state index in [4.69, 9.17) is 39.5 Å². The highest BCUT2D eigenvalue weighted by atomic mass is 35.6. The first-order valence-corrected chi connectivity index (χ1v) is 5.00. The number of ether oxygens (including phenoxy) is 1. The molecule has 0 rings (SSSR count). The van der Waals surface area contributed by atoms with Crippen molar-refractivity contribution in [2.45, 2.75) is 31.0 Å². The quantitative estimate of drug-likeness (QED) is 0.553. The molecule has 0 N–H and O–H groups in total. The fourth-order valence-electron chi connectivity index (χ4n) is 0.476. The predicted octanol–water partition coefficient (Wildman–Crippen LogP) is 3.34. The monoisotopic (exact) mass is 246 g/mol. The average molecular weight is 248 g/mol. The highest BCUT2D eigenvalue weighted by Crippen LogP contribution is 2.30. The molecule has 0 aliphatic carbocycles. The number of carbonyl (C=O) groups excluding carboxylic acids is 1. The fraction of sp³-hybridized carbons (Fsp3) is 0.875. The molecule has 78 valence electrons. The third-order valence-corrected chi connectivity index (χ3v) is 1.80. The number of rotatable bonds is 2. The van der Waals surface area contributed by atoms with E-state index in [0.29, 0.717) is 0 Å². The van der Waals surface area contributed by atoms with Crippen molar-refractivity contribution < 1.29 is 9.53 Å². The minimum atomic E-state index is -1.35. The Hall–Kier alpha value is 0.340. The van der Waals surface area contributed by atoms with Crippen LogP contribution >= 0.6 is 34.8 Å². The molecule has 0 aromatic rings. The lowest BCUT2D eigenvalue weighted by Crippen LogP contribution is -2.24. The third-order valence-electron chi connectivity index (χ3n) is 1.23. The number of alkyl halides is 3. The van der Waals surface area contributed by atoms with Crippen molar-refractivity contribution in [3.05, 3.63) is 0 Å². The van der Waals surface area contributed by atoms with Crippen LogP contribution in [0.4, 0.5) is 0 Å². The molecular weight excluding hydrogens is 234 g/mol. The van der Waals surface area contributed by atoms with E-state index in [-0.39, 0.29) is 19.0 Å². The first-order valence-electron chi connectivity index (χ1n) is 3.87. The van der Waals surface area contributed by atoms with Crippen molar-refractivity contribution in [3.63, 3.8) is 0 Å². The summed E-state index contributed by atoms with van der Waals surface area (Å²) in [6.07, 6.45) is 0.208. The Bertz CT molecular complexity index is 179. The Labute approximate surface area is 93.5 Å². The number of esters is 1. The van der Waals surface area contributed by atoms with Gasteiger partial charge >= 0.3 is 5.97 Å². The zero-order chi connectivity index (χ0) is 10.7. The van der Waals surface area contributed by atoms with Crippen LogP contribution in [0.3, 0.4) is 0 Å². The largest absolute Gasteiger partial charge is 0.465 e. The molecule has 0 heterocycles. The molecular formula is C8H13Cl3O2. The van der Waals surface area contributed by atoms with Crippen molar-refractivity contribution >= 4 is 40.8 Å². The van der Waals surface area contributed by atoms with Crippen LogP contribution in [0, 0.1) is 5.41 Å². The van der Waals surface area contributed by atoms with E-state index in [9.17, 15) is 4.79 Å². The van der Waals surface area contributed by atoms with Crippen LogP contribution in [0.25, 0.3) is 0 Å². The van der Waals surface area contributed by atoms with E-state index in [1.165, 1.54) is 0 Å². The minimum Gasteiger partial charge on any atom is -0.465 e. The summed E-state index contributed by atoms with van der Waals surface area (Å²) in [7, 11) is 0. The first kappa shape index (κ1) is 13.3. The van der Waals surface area contributed by atoms with Gasteiger partial charge in [-0.15, -0.1) is 0 Å². The molecule has 0 aliphatic heterocycles. The van der Waals surface area contributed by atoms with Gasteiger partial charge in [0, 0.05) is 6.42 Å². The van der Waals surface area contributed by atoms with Crippen LogP contribution in [-0.4, -0.2) is 16.4 Å². The number of halogens is 3. The fourth-order valence-corrected chi connectivity index (χ4v) is 0.707. The maximum atomic E-state index is 11.2. The van der Waals surface area contributed by atoms with E-state index in [1.54, 1.807) is 20.8 Å². The van der Waals surface area contributed by atoms with Gasteiger partial charge in [0.25, 0.3) is 0 Å². The highest BCUT2D eigenvalue weighted by Gasteiger charge is 2.25. The maximum Gasteiger partial charge on any atom is 0.311 e. The Morgan fingerprint density at radius 1 is 1.23 bits per heavy atom. The Morgan fingerprint density at radius 3 is 2.00 bits per heavy atom. The van der Waals surface area contributed by atoms with E-state index in [1.807, 2.05) is 0 Å². The van der Waals surface area contributed by atoms with Crippen LogP contribution in [0.1, 0.15) is 27.2 Å². The van der Waals surface area contributed by atoms with Crippen LogP contribution in [0.15, 0.2) is 0 Å². The Morgan fingerprint density at radius 2 is 1.69 bits per heavy atom. The van der Waals surface area contributed by atoms with Gasteiger partial charge < -0.3 is 4.74 Å². The molecule has 0 saturated heterocycles. The second-order valence-electron chi connectivity index (χ2n) is 3.75. The standard InChI is InChI=1S/C8H13Cl3O2/c1-7(2,3)6(12)13-5-4-8(9,10)11/h4-5H2,1-3H3. The smallest absolute Gasteiger partial charge is 0.311 e. The average Bonchev–Trinajstić information content (AvgIpc) is 1.82. The lowest BCUT2D eigenvalue weighted by atomic mass is 9.97. The first-order chi connectivity index (χ1) is 5.63. The summed E-state index contributed by atoms with van der Waals surface area (Å²) in [6, 6.07) is 0. The van der Waals surface area contributed by atoms with E-state index in [2.05, 4.69) is 0 Å². The second kappa shape index (κ2) is 4.72. The second-order valence-corrected chi connectivity index (χ2v) is 6.27. The molecule has 0 bridgehead atoms. The van der Waals surface area contributed by atoms with E-state index in [0.717, 1.165) is 0 Å². The normalized spacial score (nSPS) is 12.8. The number of hydrogen-bond donors (Lipinski definition) is 0. The summed E-state index contributed by atoms with van der Waals surface area (Å²) in [5, 5.41) is 0. The lowest BCUT2D eigenvalue weighted by Gasteiger charge is -2.17. The summed E-state index contributed by atoms with van der Waals surface area (Å²) < 4.78 is 3.54. The van der Waals surface area contributed by atoms with Crippen LogP contribution < -0.4 is 0 Å². The van der Waals surface area contributed by atoms with Gasteiger partial charge in [-0.3, -0.25) is 4.79 Å². The molecule has 0 atom stereocenters. The molecule has 5 heteroatoms. The SMILES string of the molecule is CC(C)(C)C(=O)OCCC(Cl)(Cl)Cl. The van der Waals surface area contributed by atoms with Crippen LogP contribution in [0.2, 0.25) is 0 Å². The van der Waals surface area contributed by atoms with Crippen molar-refractivity contribution in [2.24, 2.45) is 5.41 Å². The van der Waals surface area contributed by atoms with Gasteiger partial charge in [0.05, 0.1) is 12.0 Å². The minimum absolute atomic E-state index is 0.132. The zero-order valence-electron chi connectivity index (χ0n) is 7.86. The van der Waals surface area contributed by atoms with Crippen molar-refractivity contribution in [3.8, 4) is 0 Å². The molecule has 13 heavy (non-hydrogen) atoms. The van der Waals surface area contributed by atoms with Gasteiger partial charge in [0.2, 0.25) is 0 Å². The zero-order valence-corrected chi connectivity index (χ0v) is 10.1. The molecule has 0 radical (unpaired) electrons. The third kappa shape index (κ3) is 7.41. The van der Waals surface area contributed by atoms with Gasteiger partial charge in [0.15, 0.2) is 3.79 Å². The predicted molar refractivity (Wildman–Crippen MR) is 55.3 cm³/mol. The lowest BCUT2D eigenvalue weighted by molar-refractivity contribution is -0.152. The highest BCUT2D eigenvalue weighted by molar-refractivity contribution is 6.67. The molecule has 0 fully saturated rings. The van der Waals surface area contributed by atoms with Gasteiger partial charge in [-0.1, -0.05) is 34.8 Å². The Kier molecular flexibility index (Phi) is 4.84. The summed E-state index contributed by atoms with van der Waals surface area (Å²) in [6.45, 7) is 5.44. The summed E-state index contributed by atoms with van der Waals surface area (Å²) >= 11 is 16.4. The van der Waals surface area contributed by atoms with Gasteiger partial charge in [-0.05, 0) is 20.8 Å². The molecule has 0 spiro atoms. The maximum absolute atomic E-state index is 11.2. The van der Waals surface area contributed by atoms with Gasteiger partial charge in [0.1, 0.15) is 0 Å². The van der Waals surface area contributed by atoms with E-state index >= 15 is 0 Å². The molecule has 0 aliphatic rings. The van der Waals surface area contributed by atoms with Crippen LogP contribution in [0.5, 0.6) is 0 Å². The molecule has 2 nitrogen and oxygen atoms in total. The van der Waals surface area contributed by atoms with Gasteiger partial charge in [-0.2, -0.15) is 0 Å². The molecule has 0 aromatic heterocycles. The van der Waals surface area contributed by atoms with Crippen molar-refractivity contribution in [1.29, 1.82) is 0 Å². The van der Waals surface area contributed by atoms with Crippen LogP contribution in [-0.2, 0) is 9.53 Å².